The Morgan fingerprint density at radius 3 is 2.40 bits per heavy atom. The fourth-order valence-electron chi connectivity index (χ4n) is 4.77. The number of carboxylic acids is 1. The number of hydrogen-bond donors (Lipinski definition) is 5. The molecule has 45 heavy (non-hydrogen) atoms. The third-order valence-electron chi connectivity index (χ3n) is 7.21. The van der Waals surface area contributed by atoms with Crippen LogP contribution in [0.2, 0.25) is 0 Å². The van der Waals surface area contributed by atoms with E-state index in [0.29, 0.717) is 12.0 Å². The highest BCUT2D eigenvalue weighted by atomic mass is 16.7. The monoisotopic (exact) mass is 622 g/mol. The van der Waals surface area contributed by atoms with Gasteiger partial charge in [0.05, 0.1) is 17.6 Å². The largest absolute Gasteiger partial charge is 0.508 e. The van der Waals surface area contributed by atoms with E-state index in [1.165, 1.54) is 36.6 Å². The second-order valence-electron chi connectivity index (χ2n) is 10.3. The Kier molecular flexibility index (Phi) is 9.76. The molecule has 0 amide bonds. The maximum atomic E-state index is 13.2. The molecule has 0 saturated carbocycles. The number of rotatable bonds is 11. The number of aromatic hydroxyl groups is 1. The molecule has 1 fully saturated rings. The first kappa shape index (κ1) is 31.6. The second-order valence-corrected chi connectivity index (χ2v) is 10.3. The van der Waals surface area contributed by atoms with Crippen molar-refractivity contribution in [1.82, 2.24) is 0 Å². The summed E-state index contributed by atoms with van der Waals surface area (Å²) in [5.74, 6) is -3.11. The van der Waals surface area contributed by atoms with Crippen molar-refractivity contribution in [3.05, 3.63) is 94.8 Å². The summed E-state index contributed by atoms with van der Waals surface area (Å²) in [6.45, 7) is -0.608. The average molecular weight is 623 g/mol. The molecule has 3 aromatic carbocycles. The molecule has 0 aliphatic carbocycles. The Morgan fingerprint density at radius 2 is 1.69 bits per heavy atom. The maximum absolute atomic E-state index is 13.2. The number of hydrogen-bond acceptors (Lipinski definition) is 12. The van der Waals surface area contributed by atoms with E-state index in [2.05, 4.69) is 0 Å². The Morgan fingerprint density at radius 1 is 0.956 bits per heavy atom. The predicted molar refractivity (Wildman–Crippen MR) is 155 cm³/mol. The van der Waals surface area contributed by atoms with Crippen molar-refractivity contribution < 1.29 is 58.5 Å². The first-order valence-electron chi connectivity index (χ1n) is 13.9. The SMILES string of the molecule is O=C(O)[C@H](O)C(=O)OC[C@@H]1O[C@H](Oc2ccc3c(=O)c(-c4ccc(O)cc4)coc3c2)[C@H](OCCc2ccccc2)[C@H](O)[C@H]1O. The number of carbonyl (C=O) groups excluding carboxylic acids is 1. The van der Waals surface area contributed by atoms with Gasteiger partial charge in [0.15, 0.2) is 5.43 Å². The highest BCUT2D eigenvalue weighted by Gasteiger charge is 2.47. The van der Waals surface area contributed by atoms with Crippen LogP contribution >= 0.6 is 0 Å². The van der Waals surface area contributed by atoms with Crippen molar-refractivity contribution in [2.75, 3.05) is 13.2 Å². The molecule has 6 atom stereocenters. The summed E-state index contributed by atoms with van der Waals surface area (Å²) >= 11 is 0. The molecule has 1 saturated heterocycles. The molecule has 1 aliphatic heterocycles. The minimum Gasteiger partial charge on any atom is -0.508 e. The van der Waals surface area contributed by atoms with Crippen LogP contribution in [0.25, 0.3) is 22.1 Å². The smallest absolute Gasteiger partial charge is 0.346 e. The Labute approximate surface area is 255 Å². The van der Waals surface area contributed by atoms with Gasteiger partial charge in [-0.25, -0.2) is 9.59 Å². The van der Waals surface area contributed by atoms with Crippen LogP contribution in [0, 0.1) is 0 Å². The van der Waals surface area contributed by atoms with Crippen LogP contribution in [0.15, 0.2) is 88.3 Å². The normalized spacial score (nSPS) is 22.1. The summed E-state index contributed by atoms with van der Waals surface area (Å²) in [4.78, 5) is 35.9. The zero-order valence-electron chi connectivity index (χ0n) is 23.6. The molecule has 4 aromatic rings. The number of carboxylic acid groups (broad SMARTS) is 1. The standard InChI is InChI=1S/C32H30O13/c33-19-8-6-18(7-9-19)22-15-42-23-14-20(10-11-21(23)25(22)34)44-32-29(41-13-12-17-4-2-1-3-5-17)27(36)26(35)24(45-32)16-43-31(40)28(37)30(38)39/h1-11,14-15,24,26-29,32-33,35-37H,12-13,16H2,(H,38,39)/t24-,26-,27+,28-,29+,32-/m0/s1. The zero-order valence-corrected chi connectivity index (χ0v) is 23.6. The summed E-state index contributed by atoms with van der Waals surface area (Å²) in [6, 6.07) is 19.8. The number of benzene rings is 3. The predicted octanol–water partition coefficient (Wildman–Crippen LogP) is 1.61. The van der Waals surface area contributed by atoms with Gasteiger partial charge in [-0.3, -0.25) is 4.79 Å². The highest BCUT2D eigenvalue weighted by molar-refractivity contribution is 5.96. The lowest BCUT2D eigenvalue weighted by atomic mass is 9.99. The average Bonchev–Trinajstić information content (AvgIpc) is 3.04. The molecular weight excluding hydrogens is 592 g/mol. The Balaban J connectivity index is 1.36. The molecule has 5 rings (SSSR count). The first-order chi connectivity index (χ1) is 21.6. The summed E-state index contributed by atoms with van der Waals surface area (Å²) in [6.07, 6.45) is -7.95. The minimum absolute atomic E-state index is 0.0499. The van der Waals surface area contributed by atoms with Gasteiger partial charge in [-0.15, -0.1) is 0 Å². The van der Waals surface area contributed by atoms with Crippen molar-refractivity contribution in [2.24, 2.45) is 0 Å². The number of phenolic OH excluding ortho intramolecular Hbond substituents is 1. The number of aliphatic carboxylic acids is 1. The molecule has 0 bridgehead atoms. The summed E-state index contributed by atoms with van der Waals surface area (Å²) in [5.41, 5.74) is 1.63. The molecule has 0 radical (unpaired) electrons. The quantitative estimate of drug-likeness (QED) is 0.119. The molecule has 13 heteroatoms. The van der Waals surface area contributed by atoms with Crippen molar-refractivity contribution >= 4 is 22.9 Å². The number of ether oxygens (including phenoxy) is 4. The lowest BCUT2D eigenvalue weighted by molar-refractivity contribution is -0.288. The zero-order chi connectivity index (χ0) is 32.1. The van der Waals surface area contributed by atoms with E-state index in [9.17, 15) is 34.8 Å². The van der Waals surface area contributed by atoms with Gasteiger partial charge in [-0.05, 0) is 41.8 Å². The van der Waals surface area contributed by atoms with Crippen LogP contribution in [-0.4, -0.2) is 87.5 Å². The van der Waals surface area contributed by atoms with Gasteiger partial charge in [0.1, 0.15) is 54.4 Å². The fourth-order valence-corrected chi connectivity index (χ4v) is 4.77. The van der Waals surface area contributed by atoms with Gasteiger partial charge in [0, 0.05) is 6.07 Å². The minimum atomic E-state index is -2.45. The van der Waals surface area contributed by atoms with Gasteiger partial charge in [-0.1, -0.05) is 42.5 Å². The topological polar surface area (TPSA) is 202 Å². The van der Waals surface area contributed by atoms with Crippen LogP contribution < -0.4 is 10.2 Å². The van der Waals surface area contributed by atoms with Gasteiger partial charge in [-0.2, -0.15) is 0 Å². The summed E-state index contributed by atoms with van der Waals surface area (Å²) in [7, 11) is 0. The van der Waals surface area contributed by atoms with E-state index < -0.39 is 55.4 Å². The lowest BCUT2D eigenvalue weighted by Gasteiger charge is -2.42. The maximum Gasteiger partial charge on any atom is 0.346 e. The summed E-state index contributed by atoms with van der Waals surface area (Å²) < 4.78 is 28.2. The number of aliphatic hydroxyl groups is 3. The van der Waals surface area contributed by atoms with Crippen LogP contribution in [-0.2, 0) is 30.2 Å². The Hall–Kier alpha value is -4.79. The first-order valence-corrected chi connectivity index (χ1v) is 13.9. The van der Waals surface area contributed by atoms with E-state index in [1.54, 1.807) is 12.1 Å². The van der Waals surface area contributed by atoms with Crippen molar-refractivity contribution in [2.45, 2.75) is 43.2 Å². The van der Waals surface area contributed by atoms with Crippen LogP contribution in [0.5, 0.6) is 11.5 Å². The molecule has 1 aromatic heterocycles. The number of phenols is 1. The van der Waals surface area contributed by atoms with Crippen molar-refractivity contribution in [3.63, 3.8) is 0 Å². The Bertz CT molecular complexity index is 1690. The molecule has 1 aliphatic rings. The van der Waals surface area contributed by atoms with E-state index in [4.69, 9.17) is 28.5 Å². The molecule has 13 nitrogen and oxygen atoms in total. The van der Waals surface area contributed by atoms with Crippen molar-refractivity contribution in [3.8, 4) is 22.6 Å². The van der Waals surface area contributed by atoms with Gasteiger partial charge in [0.25, 0.3) is 0 Å². The lowest BCUT2D eigenvalue weighted by Crippen LogP contribution is -2.61. The van der Waals surface area contributed by atoms with E-state index in [0.717, 1.165) is 5.56 Å². The third-order valence-corrected chi connectivity index (χ3v) is 7.21. The highest BCUT2D eigenvalue weighted by Crippen LogP contribution is 2.29. The fraction of sp³-hybridized carbons (Fsp3) is 0.281. The molecule has 0 unspecified atom stereocenters. The number of carbonyl (C=O) groups is 2. The third kappa shape index (κ3) is 7.30. The van der Waals surface area contributed by atoms with Gasteiger partial charge < -0.3 is 48.9 Å². The number of fused-ring (bicyclic) bond motifs is 1. The summed E-state index contributed by atoms with van der Waals surface area (Å²) in [5, 5.41) is 49.7. The van der Waals surface area contributed by atoms with Gasteiger partial charge in [0.2, 0.25) is 12.4 Å². The van der Waals surface area contributed by atoms with Crippen molar-refractivity contribution in [1.29, 1.82) is 0 Å². The number of esters is 1. The van der Waals surface area contributed by atoms with E-state index in [1.807, 2.05) is 30.3 Å². The van der Waals surface area contributed by atoms with Crippen LogP contribution in [0.1, 0.15) is 5.56 Å². The number of aliphatic hydroxyl groups excluding tert-OH is 3. The molecule has 0 spiro atoms. The van der Waals surface area contributed by atoms with E-state index in [-0.39, 0.29) is 40.1 Å². The second kappa shape index (κ2) is 13.9. The molecule has 2 heterocycles. The molecule has 5 N–H and O–H groups in total. The molecule has 236 valence electrons. The van der Waals surface area contributed by atoms with E-state index >= 15 is 0 Å². The van der Waals surface area contributed by atoms with Crippen LogP contribution in [0.3, 0.4) is 0 Å². The molecular formula is C32H30O13. The van der Waals surface area contributed by atoms with Crippen LogP contribution in [0.4, 0.5) is 0 Å². The van der Waals surface area contributed by atoms with Gasteiger partial charge >= 0.3 is 11.9 Å².